The summed E-state index contributed by atoms with van der Waals surface area (Å²) in [5.41, 5.74) is 3.46. The lowest BCUT2D eigenvalue weighted by Crippen LogP contribution is -2.04. The van der Waals surface area contributed by atoms with E-state index in [0.29, 0.717) is 13.0 Å². The van der Waals surface area contributed by atoms with Crippen molar-refractivity contribution in [1.82, 2.24) is 0 Å². The van der Waals surface area contributed by atoms with Crippen LogP contribution in [0.4, 0.5) is 0 Å². The van der Waals surface area contributed by atoms with E-state index in [9.17, 15) is 5.26 Å². The van der Waals surface area contributed by atoms with E-state index >= 15 is 0 Å². The van der Waals surface area contributed by atoms with Gasteiger partial charge in [0.05, 0.1) is 25.7 Å². The van der Waals surface area contributed by atoms with Gasteiger partial charge in [-0.25, -0.2) is 0 Å². The summed E-state index contributed by atoms with van der Waals surface area (Å²) >= 11 is 0. The molecule has 0 saturated heterocycles. The standard InChI is InChI=1S/C19H21NO2/c1-14-4-7-19(12-15(14)2)22-11-10-17(13-20)16-5-8-18(21-3)9-6-16/h4-9,12,17H,10-11H2,1-3H3. The van der Waals surface area contributed by atoms with Crippen molar-refractivity contribution in [2.75, 3.05) is 13.7 Å². The van der Waals surface area contributed by atoms with Crippen LogP contribution in [0.2, 0.25) is 0 Å². The number of benzene rings is 2. The summed E-state index contributed by atoms with van der Waals surface area (Å²) in [5.74, 6) is 1.48. The van der Waals surface area contributed by atoms with E-state index in [-0.39, 0.29) is 5.92 Å². The number of rotatable bonds is 6. The number of hydrogen-bond acceptors (Lipinski definition) is 3. The Morgan fingerprint density at radius 2 is 1.68 bits per heavy atom. The van der Waals surface area contributed by atoms with Crippen LogP contribution >= 0.6 is 0 Å². The number of ether oxygens (including phenoxy) is 2. The van der Waals surface area contributed by atoms with Crippen molar-refractivity contribution in [1.29, 1.82) is 5.26 Å². The summed E-state index contributed by atoms with van der Waals surface area (Å²) in [6.07, 6.45) is 0.662. The Morgan fingerprint density at radius 3 is 2.27 bits per heavy atom. The Balaban J connectivity index is 1.93. The van der Waals surface area contributed by atoms with E-state index in [4.69, 9.17) is 9.47 Å². The molecule has 3 nitrogen and oxygen atoms in total. The molecule has 0 bridgehead atoms. The van der Waals surface area contributed by atoms with Gasteiger partial charge >= 0.3 is 0 Å². The zero-order valence-corrected chi connectivity index (χ0v) is 13.3. The molecule has 0 radical (unpaired) electrons. The number of nitriles is 1. The van der Waals surface area contributed by atoms with Gasteiger partial charge in [-0.15, -0.1) is 0 Å². The lowest BCUT2D eigenvalue weighted by molar-refractivity contribution is 0.305. The number of aryl methyl sites for hydroxylation is 2. The molecule has 0 fully saturated rings. The molecule has 2 aromatic rings. The highest BCUT2D eigenvalue weighted by Crippen LogP contribution is 2.23. The Morgan fingerprint density at radius 1 is 1.00 bits per heavy atom. The fraction of sp³-hybridized carbons (Fsp3) is 0.316. The molecule has 0 aliphatic rings. The summed E-state index contributed by atoms with van der Waals surface area (Å²) < 4.78 is 10.9. The first-order valence-electron chi connectivity index (χ1n) is 7.37. The van der Waals surface area contributed by atoms with E-state index in [1.54, 1.807) is 7.11 Å². The molecule has 0 aromatic heterocycles. The summed E-state index contributed by atoms with van der Waals surface area (Å²) in [6.45, 7) is 4.67. The van der Waals surface area contributed by atoms with Crippen LogP contribution in [0.25, 0.3) is 0 Å². The molecular weight excluding hydrogens is 274 g/mol. The minimum absolute atomic E-state index is 0.169. The smallest absolute Gasteiger partial charge is 0.119 e. The number of hydrogen-bond donors (Lipinski definition) is 0. The highest BCUT2D eigenvalue weighted by Gasteiger charge is 2.11. The highest BCUT2D eigenvalue weighted by atomic mass is 16.5. The maximum absolute atomic E-state index is 9.35. The summed E-state index contributed by atoms with van der Waals surface area (Å²) in [5, 5.41) is 9.35. The molecular formula is C19H21NO2. The van der Waals surface area contributed by atoms with Crippen molar-refractivity contribution in [3.63, 3.8) is 0 Å². The van der Waals surface area contributed by atoms with Gasteiger partial charge in [-0.1, -0.05) is 18.2 Å². The van der Waals surface area contributed by atoms with Crippen molar-refractivity contribution >= 4 is 0 Å². The quantitative estimate of drug-likeness (QED) is 0.793. The van der Waals surface area contributed by atoms with Crippen LogP contribution < -0.4 is 9.47 Å². The zero-order chi connectivity index (χ0) is 15.9. The van der Waals surface area contributed by atoms with Crippen molar-refractivity contribution in [2.24, 2.45) is 0 Å². The third-order valence-electron chi connectivity index (χ3n) is 3.83. The minimum Gasteiger partial charge on any atom is -0.497 e. The molecule has 0 heterocycles. The molecule has 2 rings (SSSR count). The Labute approximate surface area is 132 Å². The normalized spacial score (nSPS) is 11.5. The molecule has 0 saturated carbocycles. The predicted octanol–water partition coefficient (Wildman–Crippen LogP) is 4.39. The van der Waals surface area contributed by atoms with E-state index in [0.717, 1.165) is 17.1 Å². The van der Waals surface area contributed by atoms with E-state index in [1.807, 2.05) is 36.4 Å². The van der Waals surface area contributed by atoms with Crippen molar-refractivity contribution in [3.8, 4) is 17.6 Å². The fourth-order valence-corrected chi connectivity index (χ4v) is 2.24. The molecule has 0 aliphatic heterocycles. The van der Waals surface area contributed by atoms with Crippen molar-refractivity contribution in [3.05, 3.63) is 59.2 Å². The first-order valence-corrected chi connectivity index (χ1v) is 7.37. The average Bonchev–Trinajstić information content (AvgIpc) is 2.55. The van der Waals surface area contributed by atoms with Crippen LogP contribution in [0, 0.1) is 25.2 Å². The molecule has 0 amide bonds. The summed E-state index contributed by atoms with van der Waals surface area (Å²) in [4.78, 5) is 0. The first-order chi connectivity index (χ1) is 10.6. The second-order valence-corrected chi connectivity index (χ2v) is 5.34. The molecule has 1 atom stereocenters. The second kappa shape index (κ2) is 7.51. The van der Waals surface area contributed by atoms with Gasteiger partial charge < -0.3 is 9.47 Å². The van der Waals surface area contributed by atoms with Gasteiger partial charge in [0, 0.05) is 6.42 Å². The average molecular weight is 295 g/mol. The third-order valence-corrected chi connectivity index (χ3v) is 3.83. The molecule has 2 aromatic carbocycles. The van der Waals surface area contributed by atoms with Crippen molar-refractivity contribution < 1.29 is 9.47 Å². The molecule has 0 N–H and O–H groups in total. The minimum atomic E-state index is -0.169. The van der Waals surface area contributed by atoms with Crippen LogP contribution in [0.3, 0.4) is 0 Å². The Hall–Kier alpha value is -2.47. The zero-order valence-electron chi connectivity index (χ0n) is 13.3. The SMILES string of the molecule is COc1ccc(C(C#N)CCOc2ccc(C)c(C)c2)cc1. The monoisotopic (exact) mass is 295 g/mol. The second-order valence-electron chi connectivity index (χ2n) is 5.34. The molecule has 22 heavy (non-hydrogen) atoms. The van der Waals surface area contributed by atoms with Gasteiger partial charge in [0.15, 0.2) is 0 Å². The summed E-state index contributed by atoms with van der Waals surface area (Å²) in [7, 11) is 1.63. The van der Waals surface area contributed by atoms with Crippen LogP contribution in [0.1, 0.15) is 29.0 Å². The highest BCUT2D eigenvalue weighted by molar-refractivity contribution is 5.34. The molecule has 1 unspecified atom stereocenters. The van der Waals surface area contributed by atoms with E-state index in [1.165, 1.54) is 11.1 Å². The Kier molecular flexibility index (Phi) is 5.43. The van der Waals surface area contributed by atoms with Gasteiger partial charge in [0.2, 0.25) is 0 Å². The van der Waals surface area contributed by atoms with Crippen molar-refractivity contribution in [2.45, 2.75) is 26.2 Å². The predicted molar refractivity (Wildman–Crippen MR) is 87.4 cm³/mol. The molecule has 3 heteroatoms. The van der Waals surface area contributed by atoms with Gasteiger partial charge in [-0.2, -0.15) is 5.26 Å². The molecule has 114 valence electrons. The topological polar surface area (TPSA) is 42.2 Å². The van der Waals surface area contributed by atoms with Gasteiger partial charge in [0.1, 0.15) is 11.5 Å². The lowest BCUT2D eigenvalue weighted by Gasteiger charge is -2.12. The molecule has 0 spiro atoms. The van der Waals surface area contributed by atoms with Crippen LogP contribution in [-0.2, 0) is 0 Å². The molecule has 0 aliphatic carbocycles. The van der Waals surface area contributed by atoms with Crippen LogP contribution in [0.5, 0.6) is 11.5 Å². The first kappa shape index (κ1) is 15.9. The van der Waals surface area contributed by atoms with E-state index < -0.39 is 0 Å². The van der Waals surface area contributed by atoms with Gasteiger partial charge in [-0.3, -0.25) is 0 Å². The van der Waals surface area contributed by atoms with Gasteiger partial charge in [0.25, 0.3) is 0 Å². The summed E-state index contributed by atoms with van der Waals surface area (Å²) in [6, 6.07) is 16.0. The van der Waals surface area contributed by atoms with E-state index in [2.05, 4.69) is 26.0 Å². The number of nitrogens with zero attached hydrogens (tertiary/aromatic N) is 1. The largest absolute Gasteiger partial charge is 0.497 e. The maximum atomic E-state index is 9.35. The maximum Gasteiger partial charge on any atom is 0.119 e. The number of methoxy groups -OCH3 is 1. The lowest BCUT2D eigenvalue weighted by atomic mass is 9.97. The van der Waals surface area contributed by atoms with Gasteiger partial charge in [-0.05, 0) is 54.8 Å². The fourth-order valence-electron chi connectivity index (χ4n) is 2.24. The van der Waals surface area contributed by atoms with Crippen LogP contribution in [-0.4, -0.2) is 13.7 Å². The Bertz CT molecular complexity index is 656. The van der Waals surface area contributed by atoms with Crippen LogP contribution in [0.15, 0.2) is 42.5 Å². The third kappa shape index (κ3) is 4.02.